The largest absolute Gasteiger partial charge is 0.390 e. The van der Waals surface area contributed by atoms with Gasteiger partial charge in [0.25, 0.3) is 0 Å². The molecule has 0 bridgehead atoms. The summed E-state index contributed by atoms with van der Waals surface area (Å²) < 4.78 is 5.51. The SMILES string of the molecule is CCCCCCCCCCCCC(O)C1CCCO1. The van der Waals surface area contributed by atoms with E-state index in [1.807, 2.05) is 0 Å². The number of rotatable bonds is 12. The molecule has 0 spiro atoms. The predicted octanol–water partition coefficient (Wildman–Crippen LogP) is 4.84. The fourth-order valence-electron chi connectivity index (χ4n) is 2.93. The standard InChI is InChI=1S/C17H34O2/c1-2-3-4-5-6-7-8-9-10-11-13-16(18)17-14-12-15-19-17/h16-18H,2-15H2,1H3. The van der Waals surface area contributed by atoms with Crippen LogP contribution in [0, 0.1) is 0 Å². The third kappa shape index (κ3) is 8.65. The first kappa shape index (κ1) is 17.0. The van der Waals surface area contributed by atoms with Crippen LogP contribution in [-0.4, -0.2) is 23.9 Å². The minimum Gasteiger partial charge on any atom is -0.390 e. The van der Waals surface area contributed by atoms with Gasteiger partial charge in [-0.25, -0.2) is 0 Å². The van der Waals surface area contributed by atoms with Crippen molar-refractivity contribution in [2.45, 2.75) is 103 Å². The van der Waals surface area contributed by atoms with Crippen molar-refractivity contribution in [3.05, 3.63) is 0 Å². The maximum absolute atomic E-state index is 9.95. The molecule has 0 aromatic rings. The summed E-state index contributed by atoms with van der Waals surface area (Å²) in [6.07, 6.45) is 16.6. The topological polar surface area (TPSA) is 29.5 Å². The molecule has 114 valence electrons. The zero-order valence-electron chi connectivity index (χ0n) is 12.9. The lowest BCUT2D eigenvalue weighted by Gasteiger charge is -2.16. The molecule has 1 aliphatic heterocycles. The Balaban J connectivity index is 1.78. The molecular weight excluding hydrogens is 236 g/mol. The third-order valence-electron chi connectivity index (χ3n) is 4.25. The number of ether oxygens (including phenoxy) is 1. The second-order valence-electron chi connectivity index (χ2n) is 6.09. The molecule has 0 amide bonds. The van der Waals surface area contributed by atoms with Crippen LogP contribution >= 0.6 is 0 Å². The Hall–Kier alpha value is -0.0800. The molecule has 2 atom stereocenters. The summed E-state index contributed by atoms with van der Waals surface area (Å²) in [6, 6.07) is 0. The molecule has 1 rings (SSSR count). The summed E-state index contributed by atoms with van der Waals surface area (Å²) in [6.45, 7) is 3.12. The minimum absolute atomic E-state index is 0.138. The van der Waals surface area contributed by atoms with Gasteiger partial charge in [0, 0.05) is 6.61 Å². The lowest BCUT2D eigenvalue weighted by Crippen LogP contribution is -2.24. The normalized spacial score (nSPS) is 20.8. The van der Waals surface area contributed by atoms with Gasteiger partial charge in [0.05, 0.1) is 12.2 Å². The predicted molar refractivity (Wildman–Crippen MR) is 81.4 cm³/mol. The van der Waals surface area contributed by atoms with E-state index in [1.54, 1.807) is 0 Å². The zero-order chi connectivity index (χ0) is 13.8. The van der Waals surface area contributed by atoms with Gasteiger partial charge in [-0.05, 0) is 19.3 Å². The summed E-state index contributed by atoms with van der Waals surface area (Å²) >= 11 is 0. The van der Waals surface area contributed by atoms with Gasteiger partial charge in [-0.1, -0.05) is 71.1 Å². The van der Waals surface area contributed by atoms with Gasteiger partial charge in [-0.2, -0.15) is 0 Å². The van der Waals surface area contributed by atoms with Crippen molar-refractivity contribution in [1.82, 2.24) is 0 Å². The van der Waals surface area contributed by atoms with Crippen molar-refractivity contribution in [3.63, 3.8) is 0 Å². The Labute approximate surface area is 119 Å². The Morgan fingerprint density at radius 2 is 1.53 bits per heavy atom. The van der Waals surface area contributed by atoms with E-state index in [-0.39, 0.29) is 12.2 Å². The van der Waals surface area contributed by atoms with Crippen molar-refractivity contribution in [3.8, 4) is 0 Å². The molecule has 1 aliphatic rings. The van der Waals surface area contributed by atoms with Crippen molar-refractivity contribution >= 4 is 0 Å². The van der Waals surface area contributed by atoms with Crippen LogP contribution in [0.25, 0.3) is 0 Å². The Morgan fingerprint density at radius 1 is 0.947 bits per heavy atom. The van der Waals surface area contributed by atoms with Crippen LogP contribution in [0.4, 0.5) is 0 Å². The molecule has 2 nitrogen and oxygen atoms in total. The molecule has 0 aromatic heterocycles. The summed E-state index contributed by atoms with van der Waals surface area (Å²) in [5.74, 6) is 0. The van der Waals surface area contributed by atoms with Crippen molar-refractivity contribution < 1.29 is 9.84 Å². The average molecular weight is 270 g/mol. The van der Waals surface area contributed by atoms with E-state index in [0.717, 1.165) is 32.3 Å². The first-order chi connectivity index (χ1) is 9.34. The monoisotopic (exact) mass is 270 g/mol. The fraction of sp³-hybridized carbons (Fsp3) is 1.00. The lowest BCUT2D eigenvalue weighted by atomic mass is 10.0. The molecule has 19 heavy (non-hydrogen) atoms. The van der Waals surface area contributed by atoms with Crippen molar-refractivity contribution in [2.75, 3.05) is 6.61 Å². The fourth-order valence-corrected chi connectivity index (χ4v) is 2.93. The van der Waals surface area contributed by atoms with E-state index < -0.39 is 0 Å². The molecular formula is C17H34O2. The first-order valence-corrected chi connectivity index (χ1v) is 8.64. The van der Waals surface area contributed by atoms with Crippen LogP contribution < -0.4 is 0 Å². The zero-order valence-corrected chi connectivity index (χ0v) is 12.9. The molecule has 1 fully saturated rings. The smallest absolute Gasteiger partial charge is 0.0834 e. The van der Waals surface area contributed by atoms with E-state index in [2.05, 4.69) is 6.92 Å². The van der Waals surface area contributed by atoms with E-state index in [9.17, 15) is 5.11 Å². The molecule has 0 aromatic carbocycles. The van der Waals surface area contributed by atoms with Gasteiger partial charge < -0.3 is 9.84 Å². The average Bonchev–Trinajstić information content (AvgIpc) is 2.95. The van der Waals surface area contributed by atoms with Crippen LogP contribution in [0.1, 0.15) is 90.4 Å². The number of hydrogen-bond donors (Lipinski definition) is 1. The maximum Gasteiger partial charge on any atom is 0.0834 e. The second-order valence-corrected chi connectivity index (χ2v) is 6.09. The van der Waals surface area contributed by atoms with Gasteiger partial charge in [0.2, 0.25) is 0 Å². The second kappa shape index (κ2) is 11.7. The highest BCUT2D eigenvalue weighted by atomic mass is 16.5. The highest BCUT2D eigenvalue weighted by Gasteiger charge is 2.23. The van der Waals surface area contributed by atoms with Gasteiger partial charge in [-0.3, -0.25) is 0 Å². The van der Waals surface area contributed by atoms with Crippen LogP contribution in [0.2, 0.25) is 0 Å². The molecule has 0 aliphatic carbocycles. The number of unbranched alkanes of at least 4 members (excludes halogenated alkanes) is 9. The minimum atomic E-state index is -0.212. The van der Waals surface area contributed by atoms with Gasteiger partial charge in [0.15, 0.2) is 0 Å². The van der Waals surface area contributed by atoms with Crippen molar-refractivity contribution in [2.24, 2.45) is 0 Å². The van der Waals surface area contributed by atoms with Gasteiger partial charge in [-0.15, -0.1) is 0 Å². The van der Waals surface area contributed by atoms with E-state index in [1.165, 1.54) is 57.8 Å². The molecule has 2 unspecified atom stereocenters. The van der Waals surface area contributed by atoms with E-state index in [4.69, 9.17) is 4.74 Å². The molecule has 1 N–H and O–H groups in total. The number of aliphatic hydroxyl groups is 1. The van der Waals surface area contributed by atoms with Crippen LogP contribution in [0.15, 0.2) is 0 Å². The Morgan fingerprint density at radius 3 is 2.05 bits per heavy atom. The Bertz CT molecular complexity index is 188. The number of hydrogen-bond acceptors (Lipinski definition) is 2. The summed E-state index contributed by atoms with van der Waals surface area (Å²) in [5.41, 5.74) is 0. The summed E-state index contributed by atoms with van der Waals surface area (Å²) in [4.78, 5) is 0. The van der Waals surface area contributed by atoms with Crippen LogP contribution in [0.3, 0.4) is 0 Å². The third-order valence-corrected chi connectivity index (χ3v) is 4.25. The van der Waals surface area contributed by atoms with Crippen LogP contribution in [0.5, 0.6) is 0 Å². The summed E-state index contributed by atoms with van der Waals surface area (Å²) in [5, 5.41) is 9.95. The molecule has 0 saturated carbocycles. The Kier molecular flexibility index (Phi) is 10.5. The molecule has 1 saturated heterocycles. The maximum atomic E-state index is 9.95. The number of aliphatic hydroxyl groups excluding tert-OH is 1. The van der Waals surface area contributed by atoms with Crippen LogP contribution in [-0.2, 0) is 4.74 Å². The molecule has 2 heteroatoms. The first-order valence-electron chi connectivity index (χ1n) is 8.64. The van der Waals surface area contributed by atoms with Gasteiger partial charge in [0.1, 0.15) is 0 Å². The highest BCUT2D eigenvalue weighted by Crippen LogP contribution is 2.19. The molecule has 0 radical (unpaired) electrons. The lowest BCUT2D eigenvalue weighted by molar-refractivity contribution is -0.00636. The van der Waals surface area contributed by atoms with Gasteiger partial charge >= 0.3 is 0 Å². The molecule has 1 heterocycles. The summed E-state index contributed by atoms with van der Waals surface area (Å²) in [7, 11) is 0. The highest BCUT2D eigenvalue weighted by molar-refractivity contribution is 4.73. The van der Waals surface area contributed by atoms with E-state index in [0.29, 0.717) is 0 Å². The quantitative estimate of drug-likeness (QED) is 0.514. The van der Waals surface area contributed by atoms with Crippen molar-refractivity contribution in [1.29, 1.82) is 0 Å². The van der Waals surface area contributed by atoms with E-state index >= 15 is 0 Å².